The van der Waals surface area contributed by atoms with Crippen LogP contribution in [0.15, 0.2) is 24.3 Å². The number of para-hydroxylation sites is 2. The normalized spacial score (nSPS) is 22.2. The summed E-state index contributed by atoms with van der Waals surface area (Å²) >= 11 is 0. The first-order chi connectivity index (χ1) is 9.13. The lowest BCUT2D eigenvalue weighted by Crippen LogP contribution is -2.37. The molecular weight excluding hydrogens is 240 g/mol. The fraction of sp³-hybridized carbons (Fsp3) is 0.429. The summed E-state index contributed by atoms with van der Waals surface area (Å²) in [4.78, 5) is 11.0. The van der Waals surface area contributed by atoms with Crippen LogP contribution in [-0.2, 0) is 0 Å². The minimum absolute atomic E-state index is 0.126. The van der Waals surface area contributed by atoms with Gasteiger partial charge in [-0.15, -0.1) is 0 Å². The Labute approximate surface area is 112 Å². The monoisotopic (exact) mass is 258 g/mol. The maximum Gasteiger partial charge on any atom is 0.171 e. The number of benzene rings is 1. The van der Waals surface area contributed by atoms with Gasteiger partial charge in [-0.1, -0.05) is 12.1 Å². The molecule has 0 radical (unpaired) electrons. The van der Waals surface area contributed by atoms with Crippen LogP contribution in [0.4, 0.5) is 11.6 Å². The van der Waals surface area contributed by atoms with Gasteiger partial charge in [0, 0.05) is 13.6 Å². The summed E-state index contributed by atoms with van der Waals surface area (Å²) in [5.74, 6) is 1.70. The lowest BCUT2D eigenvalue weighted by atomic mass is 9.82. The van der Waals surface area contributed by atoms with E-state index in [2.05, 4.69) is 9.97 Å². The third-order valence-electron chi connectivity index (χ3n) is 3.68. The van der Waals surface area contributed by atoms with E-state index in [4.69, 9.17) is 5.73 Å². The van der Waals surface area contributed by atoms with Crippen molar-refractivity contribution in [3.05, 3.63) is 24.3 Å². The fourth-order valence-corrected chi connectivity index (χ4v) is 2.61. The van der Waals surface area contributed by atoms with Gasteiger partial charge >= 0.3 is 0 Å². The van der Waals surface area contributed by atoms with Crippen molar-refractivity contribution in [2.24, 2.45) is 5.92 Å². The molecule has 100 valence electrons. The maximum atomic E-state index is 9.33. The summed E-state index contributed by atoms with van der Waals surface area (Å²) in [6.45, 7) is 0.855. The largest absolute Gasteiger partial charge is 0.393 e. The average Bonchev–Trinajstić information content (AvgIpc) is 2.36. The number of rotatable bonds is 3. The Kier molecular flexibility index (Phi) is 2.98. The molecule has 1 aliphatic carbocycles. The Balaban J connectivity index is 1.84. The molecule has 2 aromatic rings. The van der Waals surface area contributed by atoms with Gasteiger partial charge < -0.3 is 15.7 Å². The van der Waals surface area contributed by atoms with E-state index in [0.29, 0.717) is 11.7 Å². The standard InChI is InChI=1S/C14H18N4O/c1-18(8-9-6-10(19)7-9)14-13(15)16-11-4-2-3-5-12(11)17-14/h2-5,9-10,19H,6-8H2,1H3,(H2,15,16). The zero-order valence-corrected chi connectivity index (χ0v) is 11.0. The number of aliphatic hydroxyl groups is 1. The lowest BCUT2D eigenvalue weighted by Gasteiger charge is -2.34. The van der Waals surface area contributed by atoms with Gasteiger partial charge in [-0.05, 0) is 30.9 Å². The minimum Gasteiger partial charge on any atom is -0.393 e. The molecule has 1 aromatic heterocycles. The summed E-state index contributed by atoms with van der Waals surface area (Å²) in [5, 5.41) is 9.33. The molecule has 3 N–H and O–H groups in total. The SMILES string of the molecule is CN(CC1CC(O)C1)c1nc2ccccc2nc1N. The summed E-state index contributed by atoms with van der Waals surface area (Å²) in [6.07, 6.45) is 1.61. The van der Waals surface area contributed by atoms with E-state index >= 15 is 0 Å². The van der Waals surface area contributed by atoms with Crippen LogP contribution in [0.3, 0.4) is 0 Å². The molecule has 0 spiro atoms. The van der Waals surface area contributed by atoms with Gasteiger partial charge in [-0.25, -0.2) is 9.97 Å². The number of hydrogen-bond acceptors (Lipinski definition) is 5. The Morgan fingerprint density at radius 1 is 1.26 bits per heavy atom. The third-order valence-corrected chi connectivity index (χ3v) is 3.68. The van der Waals surface area contributed by atoms with Gasteiger partial charge in [0.25, 0.3) is 0 Å². The van der Waals surface area contributed by atoms with Crippen LogP contribution in [0.5, 0.6) is 0 Å². The van der Waals surface area contributed by atoms with E-state index in [-0.39, 0.29) is 6.10 Å². The molecule has 0 amide bonds. The predicted molar refractivity (Wildman–Crippen MR) is 76.0 cm³/mol. The van der Waals surface area contributed by atoms with Crippen molar-refractivity contribution >= 4 is 22.7 Å². The van der Waals surface area contributed by atoms with Crippen molar-refractivity contribution in [1.29, 1.82) is 0 Å². The highest BCUT2D eigenvalue weighted by Crippen LogP contribution is 2.30. The molecule has 3 rings (SSSR count). The van der Waals surface area contributed by atoms with Crippen LogP contribution >= 0.6 is 0 Å². The first-order valence-electron chi connectivity index (χ1n) is 6.55. The molecule has 0 aliphatic heterocycles. The number of aromatic nitrogens is 2. The molecular formula is C14H18N4O. The van der Waals surface area contributed by atoms with E-state index in [1.165, 1.54) is 0 Å². The Bertz CT molecular complexity index is 595. The first-order valence-corrected chi connectivity index (χ1v) is 6.55. The van der Waals surface area contributed by atoms with Gasteiger partial charge in [0.15, 0.2) is 11.6 Å². The van der Waals surface area contributed by atoms with Crippen LogP contribution in [0.1, 0.15) is 12.8 Å². The van der Waals surface area contributed by atoms with Gasteiger partial charge in [-0.3, -0.25) is 0 Å². The van der Waals surface area contributed by atoms with E-state index < -0.39 is 0 Å². The second-order valence-corrected chi connectivity index (χ2v) is 5.29. The number of hydrogen-bond donors (Lipinski definition) is 2. The Morgan fingerprint density at radius 3 is 2.53 bits per heavy atom. The molecule has 0 bridgehead atoms. The van der Waals surface area contributed by atoms with Crippen LogP contribution in [0.25, 0.3) is 11.0 Å². The van der Waals surface area contributed by atoms with Gasteiger partial charge in [0.2, 0.25) is 0 Å². The summed E-state index contributed by atoms with van der Waals surface area (Å²) in [6, 6.07) is 7.71. The van der Waals surface area contributed by atoms with Gasteiger partial charge in [0.05, 0.1) is 17.1 Å². The molecule has 5 heteroatoms. The minimum atomic E-state index is -0.126. The van der Waals surface area contributed by atoms with Gasteiger partial charge in [0.1, 0.15) is 0 Å². The van der Waals surface area contributed by atoms with Gasteiger partial charge in [-0.2, -0.15) is 0 Å². The third kappa shape index (κ3) is 2.33. The second-order valence-electron chi connectivity index (χ2n) is 5.29. The average molecular weight is 258 g/mol. The van der Waals surface area contributed by atoms with E-state index in [1.54, 1.807) is 0 Å². The quantitative estimate of drug-likeness (QED) is 0.870. The van der Waals surface area contributed by atoms with Crippen molar-refractivity contribution in [1.82, 2.24) is 9.97 Å². The molecule has 1 heterocycles. The van der Waals surface area contributed by atoms with E-state index in [9.17, 15) is 5.11 Å². The van der Waals surface area contributed by atoms with Crippen molar-refractivity contribution < 1.29 is 5.11 Å². The Hall–Kier alpha value is -1.88. The smallest absolute Gasteiger partial charge is 0.171 e. The molecule has 1 saturated carbocycles. The Morgan fingerprint density at radius 2 is 1.89 bits per heavy atom. The molecule has 0 atom stereocenters. The number of anilines is 2. The van der Waals surface area contributed by atoms with Crippen molar-refractivity contribution in [2.75, 3.05) is 24.2 Å². The van der Waals surface area contributed by atoms with Crippen LogP contribution < -0.4 is 10.6 Å². The highest BCUT2D eigenvalue weighted by molar-refractivity contribution is 5.79. The summed E-state index contributed by atoms with van der Waals surface area (Å²) in [5.41, 5.74) is 7.66. The summed E-state index contributed by atoms with van der Waals surface area (Å²) in [7, 11) is 1.97. The summed E-state index contributed by atoms with van der Waals surface area (Å²) < 4.78 is 0. The molecule has 1 aliphatic rings. The van der Waals surface area contributed by atoms with Crippen molar-refractivity contribution in [3.8, 4) is 0 Å². The topological polar surface area (TPSA) is 75.3 Å². The zero-order valence-electron chi connectivity index (χ0n) is 11.0. The lowest BCUT2D eigenvalue weighted by molar-refractivity contribution is 0.0464. The van der Waals surface area contributed by atoms with Crippen molar-refractivity contribution in [3.63, 3.8) is 0 Å². The maximum absolute atomic E-state index is 9.33. The second kappa shape index (κ2) is 4.66. The highest BCUT2D eigenvalue weighted by Gasteiger charge is 2.28. The van der Waals surface area contributed by atoms with Crippen molar-refractivity contribution in [2.45, 2.75) is 18.9 Å². The molecule has 0 saturated heterocycles. The van der Waals surface area contributed by atoms with E-state index in [0.717, 1.165) is 36.2 Å². The predicted octanol–water partition coefficient (Wildman–Crippen LogP) is 1.42. The highest BCUT2D eigenvalue weighted by atomic mass is 16.3. The number of fused-ring (bicyclic) bond motifs is 1. The zero-order chi connectivity index (χ0) is 13.4. The number of aliphatic hydroxyl groups excluding tert-OH is 1. The first kappa shape index (κ1) is 12.2. The molecule has 5 nitrogen and oxygen atoms in total. The number of nitrogen functional groups attached to an aromatic ring is 1. The number of nitrogens with two attached hydrogens (primary N) is 1. The number of nitrogens with zero attached hydrogens (tertiary/aromatic N) is 3. The van der Waals surface area contributed by atoms with E-state index in [1.807, 2.05) is 36.2 Å². The fourth-order valence-electron chi connectivity index (χ4n) is 2.61. The van der Waals surface area contributed by atoms with Crippen LogP contribution in [0, 0.1) is 5.92 Å². The van der Waals surface area contributed by atoms with Crippen LogP contribution in [-0.4, -0.2) is 34.8 Å². The molecule has 1 aromatic carbocycles. The molecule has 0 unspecified atom stereocenters. The molecule has 1 fully saturated rings. The molecule has 19 heavy (non-hydrogen) atoms. The van der Waals surface area contributed by atoms with Crippen LogP contribution in [0.2, 0.25) is 0 Å².